The fourth-order valence-corrected chi connectivity index (χ4v) is 3.53. The van der Waals surface area contributed by atoms with E-state index in [4.69, 9.17) is 14.5 Å². The van der Waals surface area contributed by atoms with Crippen molar-refractivity contribution in [2.75, 3.05) is 13.7 Å². The number of carbonyl (C=O) groups excluding carboxylic acids is 1. The maximum atomic E-state index is 12.8. The monoisotopic (exact) mass is 426 g/mol. The maximum absolute atomic E-state index is 12.8. The summed E-state index contributed by atoms with van der Waals surface area (Å²) in [4.78, 5) is 17.6. The second kappa shape index (κ2) is 9.52. The highest BCUT2D eigenvalue weighted by molar-refractivity contribution is 5.99. The summed E-state index contributed by atoms with van der Waals surface area (Å²) < 4.78 is 11.3. The summed E-state index contributed by atoms with van der Waals surface area (Å²) in [5.74, 6) is 1.33. The topological polar surface area (TPSA) is 60.5 Å². The summed E-state index contributed by atoms with van der Waals surface area (Å²) in [5.41, 5.74) is 5.32. The average molecular weight is 427 g/mol. The van der Waals surface area contributed by atoms with Crippen molar-refractivity contribution in [2.24, 2.45) is 0 Å². The quantitative estimate of drug-likeness (QED) is 0.421. The molecule has 0 atom stereocenters. The summed E-state index contributed by atoms with van der Waals surface area (Å²) in [6, 6.07) is 23.3. The molecule has 0 aliphatic heterocycles. The van der Waals surface area contributed by atoms with Gasteiger partial charge in [0.1, 0.15) is 11.5 Å². The molecule has 1 N–H and O–H groups in total. The molecule has 4 rings (SSSR count). The lowest BCUT2D eigenvalue weighted by molar-refractivity contribution is 0.0951. The second-order valence-electron chi connectivity index (χ2n) is 7.57. The molecule has 1 amide bonds. The average Bonchev–Trinajstić information content (AvgIpc) is 2.83. The Morgan fingerprint density at radius 1 is 1.00 bits per heavy atom. The van der Waals surface area contributed by atoms with Crippen molar-refractivity contribution in [3.63, 3.8) is 0 Å². The predicted octanol–water partition coefficient (Wildman–Crippen LogP) is 5.55. The van der Waals surface area contributed by atoms with Crippen LogP contribution >= 0.6 is 0 Å². The summed E-state index contributed by atoms with van der Waals surface area (Å²) in [6.07, 6.45) is 0. The molecule has 4 aromatic rings. The number of nitrogens with zero attached hydrogens (tertiary/aromatic N) is 1. The number of aromatic nitrogens is 1. The molecule has 0 spiro atoms. The first-order chi connectivity index (χ1) is 15.6. The molecule has 32 heavy (non-hydrogen) atoms. The Hall–Kier alpha value is -3.86. The zero-order chi connectivity index (χ0) is 22.5. The summed E-state index contributed by atoms with van der Waals surface area (Å²) in [7, 11) is 1.64. The third-order valence-electron chi connectivity index (χ3n) is 5.27. The van der Waals surface area contributed by atoms with Crippen LogP contribution in [0.5, 0.6) is 11.5 Å². The van der Waals surface area contributed by atoms with Crippen LogP contribution < -0.4 is 14.8 Å². The van der Waals surface area contributed by atoms with Crippen LogP contribution in [0.25, 0.3) is 22.2 Å². The Balaban J connectivity index is 1.64. The van der Waals surface area contributed by atoms with Crippen LogP contribution in [0.2, 0.25) is 0 Å². The molecular formula is C27H26N2O3. The molecule has 5 heteroatoms. The first-order valence-electron chi connectivity index (χ1n) is 10.6. The number of pyridine rings is 1. The predicted molar refractivity (Wildman–Crippen MR) is 127 cm³/mol. The van der Waals surface area contributed by atoms with E-state index in [1.807, 2.05) is 80.6 Å². The molecule has 0 fully saturated rings. The Bertz CT molecular complexity index is 1250. The highest BCUT2D eigenvalue weighted by atomic mass is 16.5. The minimum Gasteiger partial charge on any atom is -0.497 e. The van der Waals surface area contributed by atoms with Gasteiger partial charge in [-0.1, -0.05) is 42.0 Å². The van der Waals surface area contributed by atoms with Crippen LogP contribution in [0.4, 0.5) is 0 Å². The van der Waals surface area contributed by atoms with Crippen LogP contribution in [0, 0.1) is 6.92 Å². The van der Waals surface area contributed by atoms with E-state index < -0.39 is 0 Å². The summed E-state index contributed by atoms with van der Waals surface area (Å²) in [6.45, 7) is 4.97. The van der Waals surface area contributed by atoms with Crippen LogP contribution in [-0.2, 0) is 6.54 Å². The number of methoxy groups -OCH3 is 1. The van der Waals surface area contributed by atoms with E-state index in [-0.39, 0.29) is 5.91 Å². The van der Waals surface area contributed by atoms with Crippen LogP contribution in [0.3, 0.4) is 0 Å². The molecule has 0 aliphatic carbocycles. The molecule has 0 aliphatic rings. The van der Waals surface area contributed by atoms with Gasteiger partial charge in [0.2, 0.25) is 0 Å². The molecule has 0 unspecified atom stereocenters. The van der Waals surface area contributed by atoms with Crippen LogP contribution in [0.15, 0.2) is 72.8 Å². The van der Waals surface area contributed by atoms with Gasteiger partial charge in [-0.25, -0.2) is 4.98 Å². The molecule has 3 aromatic carbocycles. The number of rotatable bonds is 7. The third-order valence-corrected chi connectivity index (χ3v) is 5.27. The van der Waals surface area contributed by atoms with Crippen molar-refractivity contribution in [2.45, 2.75) is 20.4 Å². The minimum absolute atomic E-state index is 0.133. The number of hydrogen-bond donors (Lipinski definition) is 1. The normalized spacial score (nSPS) is 10.7. The van der Waals surface area contributed by atoms with Crippen molar-refractivity contribution in [1.82, 2.24) is 10.3 Å². The number of carbonyl (C=O) groups is 1. The Kier molecular flexibility index (Phi) is 6.36. The number of fused-ring (bicyclic) bond motifs is 1. The van der Waals surface area contributed by atoms with Gasteiger partial charge in [0, 0.05) is 29.1 Å². The fourth-order valence-electron chi connectivity index (χ4n) is 3.53. The first kappa shape index (κ1) is 21.4. The van der Waals surface area contributed by atoms with Crippen molar-refractivity contribution < 1.29 is 14.3 Å². The molecule has 0 bridgehead atoms. The van der Waals surface area contributed by atoms with Crippen LogP contribution in [-0.4, -0.2) is 24.6 Å². The Labute approximate surface area is 188 Å². The van der Waals surface area contributed by atoms with E-state index in [1.54, 1.807) is 13.2 Å². The number of aryl methyl sites for hydroxylation is 1. The molecule has 162 valence electrons. The fraction of sp³-hybridized carbons (Fsp3) is 0.185. The van der Waals surface area contributed by atoms with Gasteiger partial charge in [-0.05, 0) is 49.7 Å². The molecule has 0 saturated heterocycles. The van der Waals surface area contributed by atoms with E-state index in [1.165, 1.54) is 5.56 Å². The smallest absolute Gasteiger partial charge is 0.251 e. The van der Waals surface area contributed by atoms with E-state index in [0.29, 0.717) is 24.5 Å². The zero-order valence-electron chi connectivity index (χ0n) is 18.5. The lowest BCUT2D eigenvalue weighted by Crippen LogP contribution is -2.22. The third kappa shape index (κ3) is 4.72. The molecular weight excluding hydrogens is 400 g/mol. The zero-order valence-corrected chi connectivity index (χ0v) is 18.5. The highest BCUT2D eigenvalue weighted by Gasteiger charge is 2.13. The Morgan fingerprint density at radius 2 is 1.81 bits per heavy atom. The molecule has 0 saturated carbocycles. The minimum atomic E-state index is -0.133. The SMILES string of the molecule is CCOc1cc(-c2cccc(OC)c2)nc2ccc(C(=O)NCc3ccc(C)cc3)cc12. The van der Waals surface area contributed by atoms with Gasteiger partial charge in [0.05, 0.1) is 24.9 Å². The maximum Gasteiger partial charge on any atom is 0.251 e. The van der Waals surface area contributed by atoms with Crippen molar-refractivity contribution in [3.8, 4) is 22.8 Å². The Morgan fingerprint density at radius 3 is 2.56 bits per heavy atom. The number of nitrogens with one attached hydrogen (secondary N) is 1. The molecule has 5 nitrogen and oxygen atoms in total. The van der Waals surface area contributed by atoms with E-state index in [0.717, 1.165) is 33.5 Å². The van der Waals surface area contributed by atoms with Gasteiger partial charge in [-0.3, -0.25) is 4.79 Å². The number of amides is 1. The van der Waals surface area contributed by atoms with Crippen LogP contribution in [0.1, 0.15) is 28.4 Å². The summed E-state index contributed by atoms with van der Waals surface area (Å²) >= 11 is 0. The van der Waals surface area contributed by atoms with Gasteiger partial charge >= 0.3 is 0 Å². The number of hydrogen-bond acceptors (Lipinski definition) is 4. The largest absolute Gasteiger partial charge is 0.497 e. The van der Waals surface area contributed by atoms with E-state index >= 15 is 0 Å². The standard InChI is InChI=1S/C27H26N2O3/c1-4-32-26-16-25(20-6-5-7-22(14-20)31-3)29-24-13-12-21(15-23(24)26)27(30)28-17-19-10-8-18(2)9-11-19/h5-16H,4,17H2,1-3H3,(H,28,30). The van der Waals surface area contributed by atoms with E-state index in [2.05, 4.69) is 5.32 Å². The molecule has 1 aromatic heterocycles. The number of ether oxygens (including phenoxy) is 2. The van der Waals surface area contributed by atoms with Gasteiger partial charge in [-0.2, -0.15) is 0 Å². The van der Waals surface area contributed by atoms with Gasteiger partial charge < -0.3 is 14.8 Å². The van der Waals surface area contributed by atoms with E-state index in [9.17, 15) is 4.79 Å². The highest BCUT2D eigenvalue weighted by Crippen LogP contribution is 2.32. The molecule has 0 radical (unpaired) electrons. The summed E-state index contributed by atoms with van der Waals surface area (Å²) in [5, 5.41) is 3.79. The van der Waals surface area contributed by atoms with Crippen molar-refractivity contribution in [1.29, 1.82) is 0 Å². The van der Waals surface area contributed by atoms with Crippen molar-refractivity contribution >= 4 is 16.8 Å². The molecule has 1 heterocycles. The first-order valence-corrected chi connectivity index (χ1v) is 10.6. The van der Waals surface area contributed by atoms with Gasteiger partial charge in [0.25, 0.3) is 5.91 Å². The van der Waals surface area contributed by atoms with Gasteiger partial charge in [-0.15, -0.1) is 0 Å². The lowest BCUT2D eigenvalue weighted by Gasteiger charge is -2.12. The van der Waals surface area contributed by atoms with Gasteiger partial charge in [0.15, 0.2) is 0 Å². The second-order valence-corrected chi connectivity index (χ2v) is 7.57. The number of benzene rings is 3. The lowest BCUT2D eigenvalue weighted by atomic mass is 10.1. The van der Waals surface area contributed by atoms with Crippen molar-refractivity contribution in [3.05, 3.63) is 89.5 Å².